The van der Waals surface area contributed by atoms with Crippen LogP contribution in [0, 0.1) is 6.92 Å². The van der Waals surface area contributed by atoms with Gasteiger partial charge in [0.15, 0.2) is 0 Å². The van der Waals surface area contributed by atoms with Gasteiger partial charge in [0.1, 0.15) is 5.82 Å². The molecule has 1 unspecified atom stereocenters. The van der Waals surface area contributed by atoms with Crippen LogP contribution in [0.2, 0.25) is 0 Å². The van der Waals surface area contributed by atoms with Gasteiger partial charge in [-0.25, -0.2) is 17.7 Å². The molecular formula is C20H27N5O2S. The molecule has 0 bridgehead atoms. The normalized spacial score (nSPS) is 21.7. The smallest absolute Gasteiger partial charge is 0.217 e. The van der Waals surface area contributed by atoms with Gasteiger partial charge >= 0.3 is 0 Å². The molecule has 2 fully saturated rings. The van der Waals surface area contributed by atoms with Gasteiger partial charge in [-0.3, -0.25) is 9.97 Å². The predicted octanol–water partition coefficient (Wildman–Crippen LogP) is 3.38. The topological polar surface area (TPSA) is 88.1 Å². The highest BCUT2D eigenvalue weighted by atomic mass is 32.2. The number of aryl methyl sites for hydroxylation is 1. The molecule has 0 amide bonds. The van der Waals surface area contributed by atoms with Crippen LogP contribution in [0.1, 0.15) is 55.8 Å². The Bertz CT molecular complexity index is 913. The molecule has 4 rings (SSSR count). The highest BCUT2D eigenvalue weighted by molar-refractivity contribution is 7.89. The van der Waals surface area contributed by atoms with Gasteiger partial charge in [0.2, 0.25) is 10.0 Å². The number of piperidine rings is 1. The number of aromatic nitrogens is 3. The number of hydrogen-bond donors (Lipinski definition) is 1. The monoisotopic (exact) mass is 401 g/mol. The summed E-state index contributed by atoms with van der Waals surface area (Å²) in [5, 5.41) is 3.08. The van der Waals surface area contributed by atoms with Crippen molar-refractivity contribution >= 4 is 21.5 Å². The van der Waals surface area contributed by atoms with E-state index in [1.165, 1.54) is 0 Å². The van der Waals surface area contributed by atoms with Gasteiger partial charge in [-0.1, -0.05) is 12.8 Å². The predicted molar refractivity (Wildman–Crippen MR) is 109 cm³/mol. The zero-order valence-corrected chi connectivity index (χ0v) is 17.0. The number of rotatable bonds is 5. The van der Waals surface area contributed by atoms with E-state index in [1.807, 2.05) is 19.1 Å². The number of nitrogens with one attached hydrogen (secondary N) is 1. The van der Waals surface area contributed by atoms with Crippen molar-refractivity contribution in [1.29, 1.82) is 0 Å². The Morgan fingerprint density at radius 1 is 1.11 bits per heavy atom. The van der Waals surface area contributed by atoms with Gasteiger partial charge in [-0.05, 0) is 44.7 Å². The molecule has 7 nitrogen and oxygen atoms in total. The van der Waals surface area contributed by atoms with Crippen molar-refractivity contribution in [1.82, 2.24) is 19.3 Å². The van der Waals surface area contributed by atoms with E-state index in [0.717, 1.165) is 55.6 Å². The molecule has 1 saturated carbocycles. The van der Waals surface area contributed by atoms with E-state index in [0.29, 0.717) is 18.9 Å². The molecule has 0 radical (unpaired) electrons. The molecular weight excluding hydrogens is 374 g/mol. The highest BCUT2D eigenvalue weighted by Gasteiger charge is 2.37. The fourth-order valence-electron chi connectivity index (χ4n) is 4.30. The molecule has 2 aromatic rings. The average Bonchev–Trinajstić information content (AvgIpc) is 3.24. The number of hydrogen-bond acceptors (Lipinski definition) is 6. The van der Waals surface area contributed by atoms with Crippen LogP contribution < -0.4 is 5.32 Å². The van der Waals surface area contributed by atoms with E-state index in [1.54, 1.807) is 22.9 Å². The Kier molecular flexibility index (Phi) is 5.59. The van der Waals surface area contributed by atoms with Crippen LogP contribution in [0.25, 0.3) is 0 Å². The van der Waals surface area contributed by atoms with E-state index < -0.39 is 10.0 Å². The Morgan fingerprint density at radius 2 is 1.93 bits per heavy atom. The zero-order valence-electron chi connectivity index (χ0n) is 16.2. The average molecular weight is 402 g/mol. The fraction of sp³-hybridized carbons (Fsp3) is 0.550. The Morgan fingerprint density at radius 3 is 2.68 bits per heavy atom. The maximum Gasteiger partial charge on any atom is 0.217 e. The Hall–Kier alpha value is -2.06. The van der Waals surface area contributed by atoms with E-state index in [9.17, 15) is 8.42 Å². The fourth-order valence-corrected chi connectivity index (χ4v) is 6.42. The van der Waals surface area contributed by atoms with Crippen LogP contribution in [0.3, 0.4) is 0 Å². The third-order valence-corrected chi connectivity index (χ3v) is 8.06. The lowest BCUT2D eigenvalue weighted by molar-refractivity contribution is 0.309. The van der Waals surface area contributed by atoms with Gasteiger partial charge in [0, 0.05) is 48.5 Å². The van der Waals surface area contributed by atoms with E-state index in [-0.39, 0.29) is 11.2 Å². The van der Waals surface area contributed by atoms with Gasteiger partial charge < -0.3 is 5.32 Å². The van der Waals surface area contributed by atoms with Crippen molar-refractivity contribution in [2.75, 3.05) is 18.4 Å². The number of nitrogens with zero attached hydrogens (tertiary/aromatic N) is 4. The lowest BCUT2D eigenvalue weighted by Gasteiger charge is -2.33. The molecule has 1 atom stereocenters. The van der Waals surface area contributed by atoms with Crippen LogP contribution in [0.4, 0.5) is 11.5 Å². The first kappa shape index (κ1) is 19.3. The summed E-state index contributed by atoms with van der Waals surface area (Å²) in [7, 11) is -3.20. The molecule has 2 aromatic heterocycles. The third-order valence-electron chi connectivity index (χ3n) is 5.69. The summed E-state index contributed by atoms with van der Waals surface area (Å²) in [5.41, 5.74) is 2.75. The second-order valence-electron chi connectivity index (χ2n) is 7.79. The van der Waals surface area contributed by atoms with Gasteiger partial charge in [-0.2, -0.15) is 0 Å². The molecule has 2 aliphatic rings. The molecule has 1 N–H and O–H groups in total. The first-order chi connectivity index (χ1) is 13.5. The van der Waals surface area contributed by atoms with Crippen molar-refractivity contribution in [2.24, 2.45) is 0 Å². The highest BCUT2D eigenvalue weighted by Crippen LogP contribution is 2.33. The molecule has 1 aliphatic carbocycles. The Labute approximate surface area is 166 Å². The lowest BCUT2D eigenvalue weighted by Crippen LogP contribution is -2.43. The summed E-state index contributed by atoms with van der Waals surface area (Å²) < 4.78 is 27.8. The SMILES string of the molecule is Cc1cc(Nc2cnccn2)cc(C2CCCN(S(=O)(=O)C3CCCC3)C2)n1. The van der Waals surface area contributed by atoms with Gasteiger partial charge in [0.25, 0.3) is 0 Å². The largest absolute Gasteiger partial charge is 0.339 e. The third kappa shape index (κ3) is 4.17. The van der Waals surface area contributed by atoms with Crippen molar-refractivity contribution in [3.05, 3.63) is 42.1 Å². The van der Waals surface area contributed by atoms with E-state index in [2.05, 4.69) is 15.3 Å². The molecule has 1 saturated heterocycles. The molecule has 8 heteroatoms. The molecule has 0 spiro atoms. The quantitative estimate of drug-likeness (QED) is 0.826. The van der Waals surface area contributed by atoms with Crippen molar-refractivity contribution in [3.8, 4) is 0 Å². The maximum absolute atomic E-state index is 13.0. The van der Waals surface area contributed by atoms with Crippen LogP contribution in [0.5, 0.6) is 0 Å². The first-order valence-corrected chi connectivity index (χ1v) is 11.5. The lowest BCUT2D eigenvalue weighted by atomic mass is 9.95. The van der Waals surface area contributed by atoms with Crippen LogP contribution in [0.15, 0.2) is 30.7 Å². The Balaban J connectivity index is 1.53. The minimum atomic E-state index is -3.20. The zero-order chi connectivity index (χ0) is 19.6. The number of sulfonamides is 1. The van der Waals surface area contributed by atoms with Gasteiger partial charge in [0.05, 0.1) is 11.4 Å². The standard InChI is InChI=1S/C20H27N5O2S/c1-15-11-17(24-20-13-21-8-9-22-20)12-19(23-15)16-5-4-10-25(14-16)28(26,27)18-6-2-3-7-18/h8-9,11-13,16,18H,2-7,10,14H2,1H3,(H,22,23,24). The summed E-state index contributed by atoms with van der Waals surface area (Å²) in [6.07, 6.45) is 10.4. The van der Waals surface area contributed by atoms with Crippen LogP contribution in [-0.4, -0.2) is 46.0 Å². The van der Waals surface area contributed by atoms with Crippen molar-refractivity contribution < 1.29 is 8.42 Å². The summed E-state index contributed by atoms with van der Waals surface area (Å²) in [6, 6.07) is 3.98. The van der Waals surface area contributed by atoms with E-state index >= 15 is 0 Å². The van der Waals surface area contributed by atoms with Crippen LogP contribution >= 0.6 is 0 Å². The molecule has 0 aromatic carbocycles. The van der Waals surface area contributed by atoms with Crippen molar-refractivity contribution in [2.45, 2.75) is 56.6 Å². The summed E-state index contributed by atoms with van der Waals surface area (Å²) >= 11 is 0. The molecule has 1 aliphatic heterocycles. The molecule has 3 heterocycles. The summed E-state index contributed by atoms with van der Waals surface area (Å²) in [6.45, 7) is 3.12. The van der Waals surface area contributed by atoms with Crippen molar-refractivity contribution in [3.63, 3.8) is 0 Å². The molecule has 150 valence electrons. The maximum atomic E-state index is 13.0. The van der Waals surface area contributed by atoms with Gasteiger partial charge in [-0.15, -0.1) is 0 Å². The first-order valence-electron chi connectivity index (χ1n) is 10.0. The second kappa shape index (κ2) is 8.13. The minimum Gasteiger partial charge on any atom is -0.339 e. The number of anilines is 2. The van der Waals surface area contributed by atoms with Crippen LogP contribution in [-0.2, 0) is 10.0 Å². The summed E-state index contributed by atoms with van der Waals surface area (Å²) in [4.78, 5) is 13.0. The van der Waals surface area contributed by atoms with E-state index in [4.69, 9.17) is 4.98 Å². The number of pyridine rings is 1. The summed E-state index contributed by atoms with van der Waals surface area (Å²) in [5.74, 6) is 0.792. The second-order valence-corrected chi connectivity index (χ2v) is 10.00. The molecule has 28 heavy (non-hydrogen) atoms. The minimum absolute atomic E-state index is 0.118.